The number of thiazole rings is 1. The summed E-state index contributed by atoms with van der Waals surface area (Å²) in [6.07, 6.45) is 2.70. The van der Waals surface area contributed by atoms with Crippen LogP contribution in [0.25, 0.3) is 0 Å². The average Bonchev–Trinajstić information content (AvgIpc) is 3.59. The van der Waals surface area contributed by atoms with Gasteiger partial charge in [0.15, 0.2) is 6.10 Å². The van der Waals surface area contributed by atoms with Gasteiger partial charge in [-0.05, 0) is 68.8 Å². The Kier molecular flexibility index (Phi) is 16.2. The Morgan fingerprint density at radius 1 is 1.02 bits per heavy atom. The first-order valence-electron chi connectivity index (χ1n) is 18.0. The van der Waals surface area contributed by atoms with Gasteiger partial charge in [0.05, 0.1) is 19.1 Å². The van der Waals surface area contributed by atoms with Crippen LogP contribution in [0, 0.1) is 23.6 Å². The van der Waals surface area contributed by atoms with Crippen LogP contribution in [0.15, 0.2) is 29.6 Å². The van der Waals surface area contributed by atoms with Gasteiger partial charge in [-0.25, -0.2) is 9.37 Å². The quantitative estimate of drug-likeness (QED) is 0.215. The molecule has 6 atom stereocenters. The summed E-state index contributed by atoms with van der Waals surface area (Å²) in [4.78, 5) is 73.6. The van der Waals surface area contributed by atoms with Crippen molar-refractivity contribution < 1.29 is 37.8 Å². The van der Waals surface area contributed by atoms with E-state index in [1.165, 1.54) is 26.2 Å². The Hall–Kier alpha value is -3.91. The summed E-state index contributed by atoms with van der Waals surface area (Å²) in [6, 6.07) is 3.99. The molecule has 0 aliphatic carbocycles. The second-order valence-corrected chi connectivity index (χ2v) is 15.4. The number of nitrogens with zero attached hydrogens (tertiary/aromatic N) is 3. The van der Waals surface area contributed by atoms with E-state index in [-0.39, 0.29) is 54.0 Å². The maximum atomic E-state index is 14.0. The lowest BCUT2D eigenvalue weighted by Gasteiger charge is -2.37. The molecule has 1 aromatic heterocycles. The molecule has 0 unspecified atom stereocenters. The number of esters is 2. The largest absolute Gasteiger partial charge is 0.469 e. The van der Waals surface area contributed by atoms with Gasteiger partial charge in [-0.15, -0.1) is 11.3 Å². The molecule has 0 saturated carbocycles. The minimum absolute atomic E-state index is 0.0632. The maximum Gasteiger partial charge on any atom is 0.308 e. The molecule has 52 heavy (non-hydrogen) atoms. The molecule has 2 N–H and O–H groups in total. The number of hydrogen-bond donors (Lipinski definition) is 2. The van der Waals surface area contributed by atoms with E-state index in [4.69, 9.17) is 9.47 Å². The number of benzene rings is 1. The smallest absolute Gasteiger partial charge is 0.308 e. The topological polar surface area (TPSA) is 147 Å². The minimum atomic E-state index is -0.857. The van der Waals surface area contributed by atoms with E-state index < -0.39 is 48.0 Å². The van der Waals surface area contributed by atoms with Crippen molar-refractivity contribution in [3.8, 4) is 0 Å². The van der Waals surface area contributed by atoms with Crippen molar-refractivity contribution in [2.75, 3.05) is 27.7 Å². The predicted molar refractivity (Wildman–Crippen MR) is 197 cm³/mol. The fourth-order valence-electron chi connectivity index (χ4n) is 6.67. The van der Waals surface area contributed by atoms with Crippen molar-refractivity contribution in [1.29, 1.82) is 0 Å². The van der Waals surface area contributed by atoms with Crippen molar-refractivity contribution in [3.05, 3.63) is 51.7 Å². The second kappa shape index (κ2) is 19.8. The SMILES string of the molecule is COC(=O)[C@@H](C)C[C@H](Cc1ccc(F)cc1)NC(=O)c1csc([C@@H](C[C@H](C(C)C)N(C)C(=O)[C@@H](NC(=O)[C@H]2CCCCN2C)C(C)C)OC(C)=O)n1. The molecule has 3 amide bonds. The number of halogens is 1. The molecule has 2 heterocycles. The summed E-state index contributed by atoms with van der Waals surface area (Å²) in [7, 11) is 4.93. The van der Waals surface area contributed by atoms with Crippen LogP contribution in [0.1, 0.15) is 101 Å². The Balaban J connectivity index is 1.80. The summed E-state index contributed by atoms with van der Waals surface area (Å²) < 4.78 is 24.2. The number of hydrogen-bond acceptors (Lipinski definition) is 10. The van der Waals surface area contributed by atoms with Gasteiger partial charge in [-0.2, -0.15) is 0 Å². The molecule has 0 spiro atoms. The van der Waals surface area contributed by atoms with Gasteiger partial charge in [0.2, 0.25) is 11.8 Å². The Morgan fingerprint density at radius 3 is 2.27 bits per heavy atom. The van der Waals surface area contributed by atoms with Crippen molar-refractivity contribution in [3.63, 3.8) is 0 Å². The molecular formula is C38H56FN5O7S. The fraction of sp³-hybridized carbons (Fsp3) is 0.632. The highest BCUT2D eigenvalue weighted by Gasteiger charge is 2.37. The molecule has 1 aromatic carbocycles. The molecule has 1 fully saturated rings. The monoisotopic (exact) mass is 745 g/mol. The van der Waals surface area contributed by atoms with Crippen LogP contribution in [0.3, 0.4) is 0 Å². The zero-order valence-electron chi connectivity index (χ0n) is 31.9. The zero-order chi connectivity index (χ0) is 38.7. The molecule has 0 radical (unpaired) electrons. The summed E-state index contributed by atoms with van der Waals surface area (Å²) in [5, 5.41) is 7.95. The van der Waals surface area contributed by atoms with Crippen molar-refractivity contribution in [2.24, 2.45) is 17.8 Å². The lowest BCUT2D eigenvalue weighted by molar-refractivity contribution is -0.149. The van der Waals surface area contributed by atoms with E-state index >= 15 is 0 Å². The summed E-state index contributed by atoms with van der Waals surface area (Å²) in [5.41, 5.74) is 0.879. The third-order valence-electron chi connectivity index (χ3n) is 9.68. The standard InChI is InChI=1S/C38H56FN5O7S/c1-22(2)31(44(8)37(48)33(23(3)4)42-35(47)30-12-10-11-17-43(30)7)20-32(51-25(6)45)36-41-29(21-52-36)34(46)40-28(18-24(5)38(49)50-9)19-26-13-15-27(39)16-14-26/h13-16,21-24,28,30-33H,10-12,17-20H2,1-9H3,(H,40,46)(H,42,47)/t24-,28+,30+,31+,32+,33-/m0/s1. The highest BCUT2D eigenvalue weighted by Crippen LogP contribution is 2.31. The summed E-state index contributed by atoms with van der Waals surface area (Å²) >= 11 is 1.16. The number of ether oxygens (including phenoxy) is 2. The van der Waals surface area contributed by atoms with Crippen LogP contribution in [0.2, 0.25) is 0 Å². The minimum Gasteiger partial charge on any atom is -0.469 e. The van der Waals surface area contributed by atoms with Gasteiger partial charge in [0.25, 0.3) is 5.91 Å². The number of methoxy groups -OCH3 is 1. The number of rotatable bonds is 17. The molecule has 0 bridgehead atoms. The Labute approximate surface area is 311 Å². The number of amides is 3. The molecule has 288 valence electrons. The number of likely N-dealkylation sites (tertiary alicyclic amines) is 1. The molecule has 1 saturated heterocycles. The van der Waals surface area contributed by atoms with Crippen molar-refractivity contribution in [1.82, 2.24) is 25.4 Å². The predicted octanol–water partition coefficient (Wildman–Crippen LogP) is 4.92. The van der Waals surface area contributed by atoms with Gasteiger partial charge in [-0.1, -0.05) is 53.2 Å². The number of carbonyl (C=O) groups is 5. The lowest BCUT2D eigenvalue weighted by Crippen LogP contribution is -2.57. The number of carbonyl (C=O) groups excluding carboxylic acids is 5. The number of piperidine rings is 1. The van der Waals surface area contributed by atoms with Crippen LogP contribution in [-0.2, 0) is 35.1 Å². The van der Waals surface area contributed by atoms with Crippen LogP contribution >= 0.6 is 11.3 Å². The first-order valence-corrected chi connectivity index (χ1v) is 18.9. The third kappa shape index (κ3) is 12.1. The van der Waals surface area contributed by atoms with Crippen molar-refractivity contribution >= 4 is 41.0 Å². The van der Waals surface area contributed by atoms with Crippen LogP contribution in [0.4, 0.5) is 4.39 Å². The van der Waals surface area contributed by atoms with Gasteiger partial charge < -0.3 is 25.0 Å². The van der Waals surface area contributed by atoms with E-state index in [1.807, 2.05) is 39.6 Å². The molecule has 1 aliphatic rings. The molecule has 12 nitrogen and oxygen atoms in total. The van der Waals surface area contributed by atoms with Gasteiger partial charge >= 0.3 is 11.9 Å². The normalized spacial score (nSPS) is 17.8. The van der Waals surface area contributed by atoms with Gasteiger partial charge in [-0.3, -0.25) is 28.9 Å². The molecule has 3 rings (SSSR count). The summed E-state index contributed by atoms with van der Waals surface area (Å²) in [5.74, 6) is -2.97. The Morgan fingerprint density at radius 2 is 1.69 bits per heavy atom. The maximum absolute atomic E-state index is 14.0. The van der Waals surface area contributed by atoms with Crippen LogP contribution in [0.5, 0.6) is 0 Å². The highest BCUT2D eigenvalue weighted by atomic mass is 32.1. The first-order chi connectivity index (χ1) is 24.5. The number of aromatic nitrogens is 1. The summed E-state index contributed by atoms with van der Waals surface area (Å²) in [6.45, 7) is 11.6. The van der Waals surface area contributed by atoms with E-state index in [9.17, 15) is 28.4 Å². The molecule has 1 aliphatic heterocycles. The lowest BCUT2D eigenvalue weighted by atomic mass is 9.94. The van der Waals surface area contributed by atoms with E-state index in [0.717, 1.165) is 42.7 Å². The second-order valence-electron chi connectivity index (χ2n) is 14.5. The molecule has 14 heteroatoms. The van der Waals surface area contributed by atoms with Gasteiger partial charge in [0, 0.05) is 37.9 Å². The van der Waals surface area contributed by atoms with Crippen molar-refractivity contribution in [2.45, 2.75) is 110 Å². The van der Waals surface area contributed by atoms with Crippen LogP contribution in [-0.4, -0.2) is 96.4 Å². The van der Waals surface area contributed by atoms with E-state index in [0.29, 0.717) is 11.4 Å². The number of likely N-dealkylation sites (N-methyl/N-ethyl adjacent to an activating group) is 2. The van der Waals surface area contributed by atoms with E-state index in [2.05, 4.69) is 15.6 Å². The first kappa shape index (κ1) is 42.5. The Bertz CT molecular complexity index is 1520. The average molecular weight is 746 g/mol. The van der Waals surface area contributed by atoms with Gasteiger partial charge in [0.1, 0.15) is 22.6 Å². The van der Waals surface area contributed by atoms with Crippen LogP contribution < -0.4 is 10.6 Å². The molecule has 2 aromatic rings. The zero-order valence-corrected chi connectivity index (χ0v) is 32.8. The highest BCUT2D eigenvalue weighted by molar-refractivity contribution is 7.09. The van der Waals surface area contributed by atoms with E-state index in [1.54, 1.807) is 36.4 Å². The fourth-order valence-corrected chi connectivity index (χ4v) is 7.51. The molecular weight excluding hydrogens is 690 g/mol. The number of nitrogens with one attached hydrogen (secondary N) is 2. The third-order valence-corrected chi connectivity index (χ3v) is 10.6.